The van der Waals surface area contributed by atoms with Gasteiger partial charge < -0.3 is 15.2 Å². The molecule has 144 valence electrons. The van der Waals surface area contributed by atoms with Gasteiger partial charge in [-0.2, -0.15) is 0 Å². The number of methoxy groups -OCH3 is 1. The first-order valence-corrected chi connectivity index (χ1v) is 10.1. The molecule has 0 saturated heterocycles. The molecule has 0 aliphatic carbocycles. The van der Waals surface area contributed by atoms with Gasteiger partial charge >= 0.3 is 0 Å². The number of ether oxygens (including phenoxy) is 1. The minimum absolute atomic E-state index is 0.00376. The summed E-state index contributed by atoms with van der Waals surface area (Å²) in [5, 5.41) is 21.5. The van der Waals surface area contributed by atoms with Gasteiger partial charge in [-0.15, -0.1) is 10.2 Å². The van der Waals surface area contributed by atoms with Gasteiger partial charge in [0.15, 0.2) is 16.5 Å². The molecule has 2 N–H and O–H groups in total. The maximum Gasteiger partial charge on any atom is 0.282 e. The predicted molar refractivity (Wildman–Crippen MR) is 114 cm³/mol. The van der Waals surface area contributed by atoms with Crippen LogP contribution in [0.25, 0.3) is 11.1 Å². The Hall–Kier alpha value is -2.42. The molecule has 0 spiro atoms. The molecular weight excluding hydrogens is 466 g/mol. The number of carbonyl (C=O) groups is 1. The number of benzene rings is 2. The third-order valence-corrected chi connectivity index (χ3v) is 5.64. The minimum Gasteiger partial charge on any atom is -0.503 e. The van der Waals surface area contributed by atoms with Crippen molar-refractivity contribution in [3.05, 3.63) is 68.1 Å². The summed E-state index contributed by atoms with van der Waals surface area (Å²) in [5.41, 5.74) is 1.68. The smallest absolute Gasteiger partial charge is 0.282 e. The van der Waals surface area contributed by atoms with Crippen molar-refractivity contribution < 1.29 is 14.6 Å². The van der Waals surface area contributed by atoms with Crippen molar-refractivity contribution in [1.29, 1.82) is 0 Å². The van der Waals surface area contributed by atoms with E-state index in [4.69, 9.17) is 16.3 Å². The van der Waals surface area contributed by atoms with Crippen LogP contribution in [-0.4, -0.2) is 28.3 Å². The lowest BCUT2D eigenvalue weighted by atomic mass is 10.2. The van der Waals surface area contributed by atoms with Gasteiger partial charge in [-0.1, -0.05) is 53.3 Å². The fraction of sp³-hybridized carbons (Fsp3) is 0.105. The second-order valence-corrected chi connectivity index (χ2v) is 7.87. The van der Waals surface area contributed by atoms with Crippen molar-refractivity contribution >= 4 is 55.9 Å². The van der Waals surface area contributed by atoms with E-state index >= 15 is 0 Å². The Morgan fingerprint density at radius 1 is 1.29 bits per heavy atom. The van der Waals surface area contributed by atoms with Crippen molar-refractivity contribution in [3.63, 3.8) is 0 Å². The molecule has 2 aromatic carbocycles. The average molecular weight is 481 g/mol. The van der Waals surface area contributed by atoms with E-state index in [1.54, 1.807) is 18.2 Å². The highest BCUT2D eigenvalue weighted by Crippen LogP contribution is 2.36. The predicted octanol–water partition coefficient (Wildman–Crippen LogP) is 4.68. The number of phenols is 1. The summed E-state index contributed by atoms with van der Waals surface area (Å²) in [7, 11) is 1.46. The summed E-state index contributed by atoms with van der Waals surface area (Å²) in [5.74, 6) is -0.00138. The highest BCUT2D eigenvalue weighted by Gasteiger charge is 2.15. The lowest BCUT2D eigenvalue weighted by molar-refractivity contribution is 0.0950. The van der Waals surface area contributed by atoms with E-state index in [9.17, 15) is 9.90 Å². The largest absolute Gasteiger partial charge is 0.503 e. The van der Waals surface area contributed by atoms with Crippen LogP contribution in [0, 0.1) is 0 Å². The molecule has 0 atom stereocenters. The molecule has 0 unspecified atom stereocenters. The van der Waals surface area contributed by atoms with Crippen LogP contribution in [0.3, 0.4) is 0 Å². The SMILES string of the molecule is COc1cc(/C=C(\Cl)c2nnc(C(=O)NCc3ccccc3)s2)cc(Br)c1O. The minimum atomic E-state index is -0.314. The number of aromatic nitrogens is 2. The Morgan fingerprint density at radius 2 is 2.00 bits per heavy atom. The van der Waals surface area contributed by atoms with Gasteiger partial charge in [0, 0.05) is 6.54 Å². The molecule has 28 heavy (non-hydrogen) atoms. The van der Waals surface area contributed by atoms with E-state index in [1.807, 2.05) is 30.3 Å². The molecule has 0 saturated carbocycles. The van der Waals surface area contributed by atoms with Crippen molar-refractivity contribution in [2.45, 2.75) is 6.54 Å². The van der Waals surface area contributed by atoms with Crippen LogP contribution in [0.4, 0.5) is 0 Å². The number of nitrogens with one attached hydrogen (secondary N) is 1. The van der Waals surface area contributed by atoms with E-state index < -0.39 is 0 Å². The molecule has 1 heterocycles. The van der Waals surface area contributed by atoms with Crippen molar-refractivity contribution in [3.8, 4) is 11.5 Å². The van der Waals surface area contributed by atoms with Gasteiger partial charge in [0.1, 0.15) is 0 Å². The average Bonchev–Trinajstić information content (AvgIpc) is 3.20. The monoisotopic (exact) mass is 479 g/mol. The quantitative estimate of drug-likeness (QED) is 0.535. The Balaban J connectivity index is 1.73. The summed E-state index contributed by atoms with van der Waals surface area (Å²) in [6, 6.07) is 12.9. The molecule has 6 nitrogen and oxygen atoms in total. The molecule has 1 amide bonds. The fourth-order valence-electron chi connectivity index (χ4n) is 2.31. The summed E-state index contributed by atoms with van der Waals surface area (Å²) in [6.45, 7) is 0.402. The van der Waals surface area contributed by atoms with Gasteiger partial charge in [-0.05, 0) is 45.3 Å². The van der Waals surface area contributed by atoms with E-state index in [-0.39, 0.29) is 16.7 Å². The van der Waals surface area contributed by atoms with Crippen molar-refractivity contribution in [2.75, 3.05) is 7.11 Å². The number of rotatable bonds is 6. The molecule has 0 aliphatic rings. The molecule has 0 radical (unpaired) electrons. The van der Waals surface area contributed by atoms with E-state index in [0.29, 0.717) is 32.4 Å². The lowest BCUT2D eigenvalue weighted by Gasteiger charge is -2.06. The zero-order valence-electron chi connectivity index (χ0n) is 14.6. The Morgan fingerprint density at radius 3 is 2.71 bits per heavy atom. The van der Waals surface area contributed by atoms with Crippen LogP contribution < -0.4 is 10.1 Å². The maximum atomic E-state index is 12.3. The van der Waals surface area contributed by atoms with Crippen molar-refractivity contribution in [2.24, 2.45) is 0 Å². The molecule has 0 fully saturated rings. The van der Waals surface area contributed by atoms with Crippen LogP contribution in [-0.2, 0) is 6.54 Å². The topological polar surface area (TPSA) is 84.3 Å². The number of hydrogen-bond donors (Lipinski definition) is 2. The summed E-state index contributed by atoms with van der Waals surface area (Å²) >= 11 is 10.7. The number of nitrogens with zero attached hydrogens (tertiary/aromatic N) is 2. The molecule has 3 aromatic rings. The highest BCUT2D eigenvalue weighted by molar-refractivity contribution is 9.10. The van der Waals surface area contributed by atoms with Crippen molar-refractivity contribution in [1.82, 2.24) is 15.5 Å². The molecule has 0 aliphatic heterocycles. The second kappa shape index (κ2) is 9.18. The Bertz CT molecular complexity index is 1020. The molecular formula is C19H15BrClN3O3S. The normalized spacial score (nSPS) is 11.3. The third-order valence-electron chi connectivity index (χ3n) is 3.68. The van der Waals surface area contributed by atoms with Crippen LogP contribution in [0.2, 0.25) is 0 Å². The van der Waals surface area contributed by atoms with Gasteiger partial charge in [0.05, 0.1) is 16.6 Å². The maximum absolute atomic E-state index is 12.3. The third kappa shape index (κ3) is 4.89. The second-order valence-electron chi connectivity index (χ2n) is 5.63. The van der Waals surface area contributed by atoms with Crippen LogP contribution in [0.5, 0.6) is 11.5 Å². The zero-order valence-corrected chi connectivity index (χ0v) is 17.8. The molecule has 1 aromatic heterocycles. The first-order valence-electron chi connectivity index (χ1n) is 8.07. The van der Waals surface area contributed by atoms with Crippen LogP contribution >= 0.6 is 38.9 Å². The number of amides is 1. The Labute approximate surface area is 179 Å². The van der Waals surface area contributed by atoms with Gasteiger partial charge in [-0.25, -0.2) is 0 Å². The number of carbonyl (C=O) groups excluding carboxylic acids is 1. The first kappa shape index (κ1) is 20.3. The van der Waals surface area contributed by atoms with E-state index in [2.05, 4.69) is 31.4 Å². The Kier molecular flexibility index (Phi) is 6.66. The lowest BCUT2D eigenvalue weighted by Crippen LogP contribution is -2.22. The summed E-state index contributed by atoms with van der Waals surface area (Å²) in [4.78, 5) is 12.3. The van der Waals surface area contributed by atoms with Gasteiger partial charge in [0.25, 0.3) is 5.91 Å². The molecule has 3 rings (SSSR count). The first-order chi connectivity index (χ1) is 13.5. The highest BCUT2D eigenvalue weighted by atomic mass is 79.9. The summed E-state index contributed by atoms with van der Waals surface area (Å²) < 4.78 is 5.60. The van der Waals surface area contributed by atoms with Crippen LogP contribution in [0.1, 0.15) is 25.9 Å². The zero-order chi connectivity index (χ0) is 20.1. The van der Waals surface area contributed by atoms with Crippen LogP contribution in [0.15, 0.2) is 46.9 Å². The standard InChI is InChI=1S/C19H15BrClN3O3S/c1-27-15-9-12(7-13(20)16(15)25)8-14(21)18-23-24-19(28-18)17(26)22-10-11-5-3-2-4-6-11/h2-9,25H,10H2,1H3,(H,22,26)/b14-8-. The number of phenolic OH excluding ortho intramolecular Hbond substituents is 1. The van der Waals surface area contributed by atoms with Gasteiger partial charge in [-0.3, -0.25) is 4.79 Å². The number of aromatic hydroxyl groups is 1. The van der Waals surface area contributed by atoms with Gasteiger partial charge in [0.2, 0.25) is 5.01 Å². The number of halogens is 2. The number of hydrogen-bond acceptors (Lipinski definition) is 6. The molecule has 9 heteroatoms. The van der Waals surface area contributed by atoms with E-state index in [1.165, 1.54) is 7.11 Å². The fourth-order valence-corrected chi connectivity index (χ4v) is 3.71. The molecule has 0 bridgehead atoms. The summed E-state index contributed by atoms with van der Waals surface area (Å²) in [6.07, 6.45) is 1.65. The van der Waals surface area contributed by atoms with E-state index in [0.717, 1.165) is 16.9 Å².